The highest BCUT2D eigenvalue weighted by atomic mass is 32.2. The lowest BCUT2D eigenvalue weighted by Gasteiger charge is -2.12. The van der Waals surface area contributed by atoms with Crippen LogP contribution in [0.15, 0.2) is 65.1 Å². The molecule has 0 saturated heterocycles. The van der Waals surface area contributed by atoms with E-state index in [-0.39, 0.29) is 11.6 Å². The molecule has 0 radical (unpaired) electrons. The SMILES string of the molecule is Cc1nnc(SC(C)C(=O)Nc2nc(-c3cccc([N+](=O)[O-])c3)cs2)n1Cc1ccccc1. The number of amides is 1. The molecule has 0 aliphatic heterocycles. The van der Waals surface area contributed by atoms with Crippen molar-refractivity contribution in [2.24, 2.45) is 0 Å². The van der Waals surface area contributed by atoms with Crippen LogP contribution in [0, 0.1) is 17.0 Å². The Kier molecular flexibility index (Phi) is 6.80. The summed E-state index contributed by atoms with van der Waals surface area (Å²) in [5.41, 5.74) is 2.30. The third-order valence-electron chi connectivity index (χ3n) is 4.82. The van der Waals surface area contributed by atoms with E-state index in [1.165, 1.54) is 35.2 Å². The standard InChI is InChI=1S/C22H20N6O3S2/c1-14(33-22-26-25-15(2)27(22)12-16-7-4-3-5-8-16)20(29)24-21-23-19(13-32-21)17-9-6-10-18(11-17)28(30)31/h3-11,13-14H,12H2,1-2H3,(H,23,24,29). The molecule has 168 valence electrons. The van der Waals surface area contributed by atoms with Crippen LogP contribution in [0.1, 0.15) is 18.3 Å². The van der Waals surface area contributed by atoms with Crippen molar-refractivity contribution in [2.75, 3.05) is 5.32 Å². The first-order valence-corrected chi connectivity index (χ1v) is 11.8. The van der Waals surface area contributed by atoms with Gasteiger partial charge in [0.2, 0.25) is 5.91 Å². The van der Waals surface area contributed by atoms with Crippen molar-refractivity contribution in [3.63, 3.8) is 0 Å². The number of nitrogens with zero attached hydrogens (tertiary/aromatic N) is 5. The number of non-ortho nitro benzene ring substituents is 1. The minimum atomic E-state index is -0.449. The maximum atomic E-state index is 12.8. The van der Waals surface area contributed by atoms with Crippen LogP contribution in [0.25, 0.3) is 11.3 Å². The Morgan fingerprint density at radius 1 is 1.21 bits per heavy atom. The third-order valence-corrected chi connectivity index (χ3v) is 6.66. The number of anilines is 1. The lowest BCUT2D eigenvalue weighted by atomic mass is 10.1. The molecule has 0 spiro atoms. The van der Waals surface area contributed by atoms with Crippen molar-refractivity contribution in [1.82, 2.24) is 19.7 Å². The molecule has 1 N–H and O–H groups in total. The molecule has 2 aromatic carbocycles. The van der Waals surface area contributed by atoms with E-state index < -0.39 is 10.2 Å². The van der Waals surface area contributed by atoms with E-state index in [4.69, 9.17) is 0 Å². The first-order valence-electron chi connectivity index (χ1n) is 10.0. The van der Waals surface area contributed by atoms with Gasteiger partial charge in [-0.05, 0) is 19.4 Å². The monoisotopic (exact) mass is 480 g/mol. The van der Waals surface area contributed by atoms with Crippen LogP contribution in [0.3, 0.4) is 0 Å². The summed E-state index contributed by atoms with van der Waals surface area (Å²) in [4.78, 5) is 27.7. The lowest BCUT2D eigenvalue weighted by Crippen LogP contribution is -2.23. The molecule has 4 rings (SSSR count). The molecule has 0 fully saturated rings. The first-order chi connectivity index (χ1) is 15.9. The number of carbonyl (C=O) groups excluding carboxylic acids is 1. The Hall–Kier alpha value is -3.57. The molecule has 2 heterocycles. The number of nitro benzene ring substituents is 1. The molecule has 11 heteroatoms. The lowest BCUT2D eigenvalue weighted by molar-refractivity contribution is -0.384. The topological polar surface area (TPSA) is 116 Å². The Morgan fingerprint density at radius 3 is 2.76 bits per heavy atom. The first kappa shape index (κ1) is 22.6. The molecule has 9 nitrogen and oxygen atoms in total. The molecule has 1 atom stereocenters. The summed E-state index contributed by atoms with van der Waals surface area (Å²) < 4.78 is 1.98. The van der Waals surface area contributed by atoms with Crippen LogP contribution in [0.5, 0.6) is 0 Å². The van der Waals surface area contributed by atoms with Gasteiger partial charge in [-0.1, -0.05) is 54.2 Å². The Morgan fingerprint density at radius 2 is 2.00 bits per heavy atom. The summed E-state index contributed by atoms with van der Waals surface area (Å²) in [6.07, 6.45) is 0. The number of aryl methyl sites for hydroxylation is 1. The highest BCUT2D eigenvalue weighted by molar-refractivity contribution is 8.00. The largest absolute Gasteiger partial charge is 0.302 e. The summed E-state index contributed by atoms with van der Waals surface area (Å²) in [5.74, 6) is 0.558. The van der Waals surface area contributed by atoms with Gasteiger partial charge in [0.15, 0.2) is 10.3 Å². The van der Waals surface area contributed by atoms with Crippen molar-refractivity contribution in [3.05, 3.63) is 81.5 Å². The van der Waals surface area contributed by atoms with Crippen LogP contribution in [-0.4, -0.2) is 35.8 Å². The second kappa shape index (κ2) is 9.92. The van der Waals surface area contributed by atoms with Crippen molar-refractivity contribution in [3.8, 4) is 11.3 Å². The molecule has 0 aliphatic rings. The van der Waals surface area contributed by atoms with Gasteiger partial charge < -0.3 is 9.88 Å². The molecule has 4 aromatic rings. The summed E-state index contributed by atoms with van der Waals surface area (Å²) in [5, 5.41) is 24.6. The minimum Gasteiger partial charge on any atom is -0.302 e. The van der Waals surface area contributed by atoms with E-state index in [0.717, 1.165) is 11.4 Å². The van der Waals surface area contributed by atoms with Crippen LogP contribution in [-0.2, 0) is 11.3 Å². The zero-order valence-electron chi connectivity index (χ0n) is 17.8. The summed E-state index contributed by atoms with van der Waals surface area (Å²) in [6.45, 7) is 4.30. The molecule has 0 aliphatic carbocycles. The second-order valence-corrected chi connectivity index (χ2v) is 9.36. The molecule has 1 unspecified atom stereocenters. The molecule has 2 aromatic heterocycles. The van der Waals surface area contributed by atoms with Gasteiger partial charge in [-0.3, -0.25) is 14.9 Å². The number of benzene rings is 2. The van der Waals surface area contributed by atoms with E-state index >= 15 is 0 Å². The highest BCUT2D eigenvalue weighted by Crippen LogP contribution is 2.29. The van der Waals surface area contributed by atoms with Crippen LogP contribution < -0.4 is 5.32 Å². The van der Waals surface area contributed by atoms with E-state index in [0.29, 0.717) is 28.1 Å². The number of nitro groups is 1. The van der Waals surface area contributed by atoms with Gasteiger partial charge in [-0.15, -0.1) is 21.5 Å². The normalized spacial score (nSPS) is 11.8. The average Bonchev–Trinajstić information content (AvgIpc) is 3.42. The smallest absolute Gasteiger partial charge is 0.270 e. The maximum Gasteiger partial charge on any atom is 0.270 e. The zero-order valence-corrected chi connectivity index (χ0v) is 19.5. The van der Waals surface area contributed by atoms with E-state index in [1.54, 1.807) is 24.4 Å². The second-order valence-electron chi connectivity index (χ2n) is 7.20. The summed E-state index contributed by atoms with van der Waals surface area (Å²) in [7, 11) is 0. The molecular formula is C22H20N6O3S2. The number of thioether (sulfide) groups is 1. The number of thiazole rings is 1. The molecular weight excluding hydrogens is 460 g/mol. The van der Waals surface area contributed by atoms with Gasteiger partial charge in [-0.25, -0.2) is 4.98 Å². The Labute approximate surface area is 198 Å². The number of rotatable bonds is 8. The van der Waals surface area contributed by atoms with Crippen LogP contribution >= 0.6 is 23.1 Å². The van der Waals surface area contributed by atoms with Gasteiger partial charge in [0.1, 0.15) is 5.82 Å². The summed E-state index contributed by atoms with van der Waals surface area (Å²) >= 11 is 2.59. The van der Waals surface area contributed by atoms with Crippen LogP contribution in [0.4, 0.5) is 10.8 Å². The number of hydrogen-bond donors (Lipinski definition) is 1. The van der Waals surface area contributed by atoms with Crippen LogP contribution in [0.2, 0.25) is 0 Å². The predicted octanol–water partition coefficient (Wildman–Crippen LogP) is 4.79. The predicted molar refractivity (Wildman–Crippen MR) is 128 cm³/mol. The fourth-order valence-electron chi connectivity index (χ4n) is 3.06. The van der Waals surface area contributed by atoms with Crippen molar-refractivity contribution < 1.29 is 9.72 Å². The fraction of sp³-hybridized carbons (Fsp3) is 0.182. The molecule has 1 amide bonds. The van der Waals surface area contributed by atoms with Gasteiger partial charge in [-0.2, -0.15) is 0 Å². The fourth-order valence-corrected chi connectivity index (χ4v) is 4.67. The van der Waals surface area contributed by atoms with Gasteiger partial charge in [0.25, 0.3) is 5.69 Å². The van der Waals surface area contributed by atoms with E-state index in [9.17, 15) is 14.9 Å². The Bertz CT molecular complexity index is 1290. The van der Waals surface area contributed by atoms with E-state index in [2.05, 4.69) is 20.5 Å². The number of hydrogen-bond acceptors (Lipinski definition) is 8. The average molecular weight is 481 g/mol. The minimum absolute atomic E-state index is 0.00832. The van der Waals surface area contributed by atoms with Crippen molar-refractivity contribution in [1.29, 1.82) is 0 Å². The number of nitrogens with one attached hydrogen (secondary N) is 1. The number of carbonyl (C=O) groups is 1. The maximum absolute atomic E-state index is 12.8. The summed E-state index contributed by atoms with van der Waals surface area (Å²) in [6, 6.07) is 16.2. The molecule has 0 saturated carbocycles. The molecule has 33 heavy (non-hydrogen) atoms. The quantitative estimate of drug-likeness (QED) is 0.219. The van der Waals surface area contributed by atoms with Crippen molar-refractivity contribution >= 4 is 39.8 Å². The van der Waals surface area contributed by atoms with Gasteiger partial charge in [0.05, 0.1) is 22.4 Å². The van der Waals surface area contributed by atoms with E-state index in [1.807, 2.05) is 41.8 Å². The van der Waals surface area contributed by atoms with Gasteiger partial charge in [0, 0.05) is 23.1 Å². The zero-order chi connectivity index (χ0) is 23.4. The third kappa shape index (κ3) is 5.44. The highest BCUT2D eigenvalue weighted by Gasteiger charge is 2.21. The Balaban J connectivity index is 1.42. The number of aromatic nitrogens is 4. The molecule has 0 bridgehead atoms. The van der Waals surface area contributed by atoms with Gasteiger partial charge >= 0.3 is 0 Å². The van der Waals surface area contributed by atoms with Crippen molar-refractivity contribution in [2.45, 2.75) is 30.8 Å².